The lowest BCUT2D eigenvalue weighted by atomic mass is 10.1. The molecule has 5 nitrogen and oxygen atoms in total. The number of halogens is 1. The van der Waals surface area contributed by atoms with Gasteiger partial charge in [-0.05, 0) is 85.2 Å². The van der Waals surface area contributed by atoms with Crippen LogP contribution in [0.1, 0.15) is 115 Å². The number of hydrogen-bond acceptors (Lipinski definition) is 5. The number of phenols is 2. The molecule has 0 bridgehead atoms. The average molecular weight is 601 g/mol. The summed E-state index contributed by atoms with van der Waals surface area (Å²) in [7, 11) is 0. The molecule has 0 aliphatic heterocycles. The fourth-order valence-corrected chi connectivity index (χ4v) is 4.63. The Morgan fingerprint density at radius 2 is 1.37 bits per heavy atom. The maximum Gasteiger partial charge on any atom is 0.306 e. The first-order valence-electron chi connectivity index (χ1n) is 13.5. The van der Waals surface area contributed by atoms with Crippen LogP contribution in [0.5, 0.6) is 11.5 Å². The van der Waals surface area contributed by atoms with Crippen molar-refractivity contribution in [1.29, 1.82) is 0 Å². The van der Waals surface area contributed by atoms with Gasteiger partial charge in [0.25, 0.3) is 0 Å². The highest BCUT2D eigenvalue weighted by Gasteiger charge is 2.10. The molecular formula is C29H45IO5. The number of ether oxygens (including phenoxy) is 1. The summed E-state index contributed by atoms with van der Waals surface area (Å²) in [5.74, 6) is -0.696. The molecule has 35 heavy (non-hydrogen) atoms. The van der Waals surface area contributed by atoms with Crippen LogP contribution in [0.15, 0.2) is 24.3 Å². The zero-order chi connectivity index (χ0) is 25.7. The van der Waals surface area contributed by atoms with Crippen molar-refractivity contribution < 1.29 is 24.5 Å². The highest BCUT2D eigenvalue weighted by atomic mass is 127. The molecule has 0 fully saturated rings. The number of esters is 1. The molecule has 0 saturated heterocycles. The van der Waals surface area contributed by atoms with Gasteiger partial charge in [-0.15, -0.1) is 0 Å². The van der Waals surface area contributed by atoms with E-state index in [4.69, 9.17) is 4.74 Å². The van der Waals surface area contributed by atoms with Gasteiger partial charge in [0.15, 0.2) is 17.3 Å². The summed E-state index contributed by atoms with van der Waals surface area (Å²) in [6, 6.07) is 3.03. The first-order chi connectivity index (χ1) is 16.9. The van der Waals surface area contributed by atoms with Crippen molar-refractivity contribution in [3.8, 4) is 11.5 Å². The summed E-state index contributed by atoms with van der Waals surface area (Å²) in [6.07, 6.45) is 22.3. The van der Waals surface area contributed by atoms with E-state index < -0.39 is 0 Å². The van der Waals surface area contributed by atoms with Gasteiger partial charge in [-0.25, -0.2) is 0 Å². The Kier molecular flexibility index (Phi) is 18.5. The third kappa shape index (κ3) is 16.7. The minimum atomic E-state index is -0.297. The second-order valence-corrected chi connectivity index (χ2v) is 10.5. The van der Waals surface area contributed by atoms with E-state index in [1.165, 1.54) is 69.9 Å². The largest absolute Gasteiger partial charge is 0.504 e. The smallest absolute Gasteiger partial charge is 0.306 e. The molecule has 0 spiro atoms. The van der Waals surface area contributed by atoms with Crippen molar-refractivity contribution in [2.75, 3.05) is 6.61 Å². The lowest BCUT2D eigenvalue weighted by molar-refractivity contribution is -0.148. The number of carbonyl (C=O) groups is 2. The second kappa shape index (κ2) is 20.6. The molecule has 1 aromatic rings. The lowest BCUT2D eigenvalue weighted by Crippen LogP contribution is -2.13. The van der Waals surface area contributed by atoms with Crippen LogP contribution in [0, 0.1) is 3.57 Å². The first-order valence-corrected chi connectivity index (χ1v) is 14.5. The molecule has 0 amide bonds. The van der Waals surface area contributed by atoms with E-state index in [1.807, 2.05) is 0 Å². The molecule has 0 saturated carbocycles. The Hall–Kier alpha value is -1.57. The quantitative estimate of drug-likeness (QED) is 0.0489. The number of phenolic OH excluding ortho intramolecular Hbond substituents is 2. The summed E-state index contributed by atoms with van der Waals surface area (Å²) < 4.78 is 5.96. The van der Waals surface area contributed by atoms with Gasteiger partial charge in [0, 0.05) is 16.4 Å². The normalized spacial score (nSPS) is 11.3. The molecule has 0 atom stereocenters. The van der Waals surface area contributed by atoms with E-state index >= 15 is 0 Å². The number of benzene rings is 1. The Labute approximate surface area is 225 Å². The van der Waals surface area contributed by atoms with Crippen LogP contribution in [0.4, 0.5) is 0 Å². The number of Topliss-reactive ketones (excluding diaryl/α,β-unsaturated/α-hetero) is 1. The first kappa shape index (κ1) is 31.5. The number of unbranched alkanes of at least 4 members (excludes halogenated alkanes) is 11. The second-order valence-electron chi connectivity index (χ2n) is 9.32. The third-order valence-corrected chi connectivity index (χ3v) is 7.09. The molecule has 1 rings (SSSR count). The number of allylic oxidation sites excluding steroid dienone is 2. The molecule has 2 N–H and O–H groups in total. The van der Waals surface area contributed by atoms with Gasteiger partial charge >= 0.3 is 5.97 Å². The standard InChI is InChI=1S/C29H45IO5/c1-2-3-4-5-6-7-8-9-10-11-12-13-14-15-16-20-29(34)35-23-25(31)19-17-18-24-21-27(32)28(33)22-26(24)30/h9-10,21-22,32-33H,2-8,11-20,23H2,1H3/b10-9-. The van der Waals surface area contributed by atoms with E-state index in [9.17, 15) is 19.8 Å². The lowest BCUT2D eigenvalue weighted by Gasteiger charge is -2.07. The Morgan fingerprint density at radius 1 is 0.800 bits per heavy atom. The Morgan fingerprint density at radius 3 is 2.03 bits per heavy atom. The maximum absolute atomic E-state index is 12.0. The van der Waals surface area contributed by atoms with E-state index in [0.717, 1.165) is 34.8 Å². The number of aryl methyl sites for hydroxylation is 1. The number of hydrogen-bond donors (Lipinski definition) is 2. The van der Waals surface area contributed by atoms with Crippen molar-refractivity contribution in [3.63, 3.8) is 0 Å². The maximum atomic E-state index is 12.0. The van der Waals surface area contributed by atoms with E-state index in [0.29, 0.717) is 25.7 Å². The Bertz CT molecular complexity index is 760. The number of aromatic hydroxyl groups is 2. The topological polar surface area (TPSA) is 83.8 Å². The van der Waals surface area contributed by atoms with Crippen molar-refractivity contribution >= 4 is 34.3 Å². The van der Waals surface area contributed by atoms with E-state index in [2.05, 4.69) is 41.7 Å². The number of rotatable bonds is 21. The Balaban J connectivity index is 1.94. The zero-order valence-electron chi connectivity index (χ0n) is 21.5. The molecule has 0 radical (unpaired) electrons. The summed E-state index contributed by atoms with van der Waals surface area (Å²) in [5, 5.41) is 19.1. The van der Waals surface area contributed by atoms with Crippen LogP contribution in [0.2, 0.25) is 0 Å². The van der Waals surface area contributed by atoms with Gasteiger partial charge < -0.3 is 14.9 Å². The van der Waals surface area contributed by atoms with E-state index in [1.54, 1.807) is 0 Å². The van der Waals surface area contributed by atoms with Gasteiger partial charge in [0.05, 0.1) is 0 Å². The average Bonchev–Trinajstić information content (AvgIpc) is 2.83. The minimum absolute atomic E-state index is 0.0964. The monoisotopic (exact) mass is 600 g/mol. The highest BCUT2D eigenvalue weighted by molar-refractivity contribution is 14.1. The summed E-state index contributed by atoms with van der Waals surface area (Å²) in [6.45, 7) is 2.09. The minimum Gasteiger partial charge on any atom is -0.504 e. The van der Waals surface area contributed by atoms with Crippen molar-refractivity contribution in [1.82, 2.24) is 0 Å². The van der Waals surface area contributed by atoms with Crippen molar-refractivity contribution in [2.45, 2.75) is 116 Å². The number of carbonyl (C=O) groups excluding carboxylic acids is 2. The van der Waals surface area contributed by atoms with Crippen molar-refractivity contribution in [3.05, 3.63) is 33.4 Å². The summed E-state index contributed by atoms with van der Waals surface area (Å²) >= 11 is 2.09. The molecule has 198 valence electrons. The predicted molar refractivity (Wildman–Crippen MR) is 151 cm³/mol. The molecule has 0 heterocycles. The van der Waals surface area contributed by atoms with Crippen LogP contribution >= 0.6 is 22.6 Å². The summed E-state index contributed by atoms with van der Waals surface area (Å²) in [4.78, 5) is 23.8. The van der Waals surface area contributed by atoms with Crippen LogP contribution in [0.25, 0.3) is 0 Å². The predicted octanol–water partition coefficient (Wildman–Crippen LogP) is 8.17. The molecule has 0 aliphatic rings. The molecular weight excluding hydrogens is 555 g/mol. The SMILES string of the molecule is CCCCCCCC/C=C\CCCCCCCC(=O)OCC(=O)CCCc1cc(O)c(O)cc1I. The third-order valence-electron chi connectivity index (χ3n) is 6.08. The van der Waals surface area contributed by atoms with Gasteiger partial charge in [-0.3, -0.25) is 9.59 Å². The molecule has 6 heteroatoms. The van der Waals surface area contributed by atoms with Crippen LogP contribution < -0.4 is 0 Å². The molecule has 0 aliphatic carbocycles. The van der Waals surface area contributed by atoms with Gasteiger partial charge in [0.2, 0.25) is 0 Å². The summed E-state index contributed by atoms with van der Waals surface area (Å²) in [5.41, 5.74) is 0.884. The van der Waals surface area contributed by atoms with Crippen LogP contribution in [-0.2, 0) is 20.7 Å². The number of ketones is 1. The molecule has 1 aromatic carbocycles. The zero-order valence-corrected chi connectivity index (χ0v) is 23.7. The highest BCUT2D eigenvalue weighted by Crippen LogP contribution is 2.30. The van der Waals surface area contributed by atoms with Crippen molar-refractivity contribution in [2.24, 2.45) is 0 Å². The molecule has 0 aromatic heterocycles. The van der Waals surface area contributed by atoms with Gasteiger partial charge in [0.1, 0.15) is 6.61 Å². The fraction of sp³-hybridized carbons (Fsp3) is 0.655. The van der Waals surface area contributed by atoms with Crippen LogP contribution in [-0.4, -0.2) is 28.6 Å². The molecule has 0 unspecified atom stereocenters. The van der Waals surface area contributed by atoms with Crippen LogP contribution in [0.3, 0.4) is 0 Å². The van der Waals surface area contributed by atoms with Gasteiger partial charge in [-0.1, -0.05) is 70.4 Å². The van der Waals surface area contributed by atoms with E-state index in [-0.39, 0.29) is 29.9 Å². The van der Waals surface area contributed by atoms with Gasteiger partial charge in [-0.2, -0.15) is 0 Å². The fourth-order valence-electron chi connectivity index (χ4n) is 3.91.